The van der Waals surface area contributed by atoms with E-state index in [-0.39, 0.29) is 0 Å². The summed E-state index contributed by atoms with van der Waals surface area (Å²) in [6, 6.07) is 27.3. The maximum Gasteiger partial charge on any atom is 0.184 e. The molecule has 5 heteroatoms. The maximum atomic E-state index is 10.2. The van der Waals surface area contributed by atoms with Crippen LogP contribution in [0.25, 0.3) is 21.7 Å². The Morgan fingerprint density at radius 2 is 1.70 bits per heavy atom. The van der Waals surface area contributed by atoms with E-state index in [4.69, 9.17) is 10.7 Å². The normalized spacial score (nSPS) is 22.1. The number of rotatable bonds is 6. The van der Waals surface area contributed by atoms with E-state index in [2.05, 4.69) is 85.0 Å². The molecule has 0 bridgehead atoms. The highest BCUT2D eigenvalue weighted by Gasteiger charge is 2.49. The summed E-state index contributed by atoms with van der Waals surface area (Å²) in [5, 5.41) is 14.6. The van der Waals surface area contributed by atoms with Gasteiger partial charge >= 0.3 is 0 Å². The molecule has 0 aliphatic heterocycles. The molecule has 3 aromatic carbocycles. The van der Waals surface area contributed by atoms with Gasteiger partial charge in [0.15, 0.2) is 5.13 Å². The van der Waals surface area contributed by atoms with Gasteiger partial charge in [0.25, 0.3) is 0 Å². The van der Waals surface area contributed by atoms with Crippen molar-refractivity contribution in [3.63, 3.8) is 0 Å². The highest BCUT2D eigenvalue weighted by Crippen LogP contribution is 2.47. The van der Waals surface area contributed by atoms with Crippen LogP contribution < -0.4 is 11.1 Å². The fraction of sp³-hybridized carbons (Fsp3) is 0.250. The first-order chi connectivity index (χ1) is 15.8. The molecule has 1 aromatic heterocycles. The molecule has 1 heterocycles. The lowest BCUT2D eigenvalue weighted by molar-refractivity contribution is -0.0738. The van der Waals surface area contributed by atoms with Gasteiger partial charge in [0, 0.05) is 17.6 Å². The molecular formula is C28H29N3OS. The van der Waals surface area contributed by atoms with Crippen LogP contribution in [0.4, 0.5) is 5.13 Å². The third kappa shape index (κ3) is 4.58. The van der Waals surface area contributed by atoms with Gasteiger partial charge in [-0.05, 0) is 43.4 Å². The van der Waals surface area contributed by atoms with Crippen LogP contribution in [0.1, 0.15) is 36.5 Å². The third-order valence-corrected chi connectivity index (χ3v) is 7.38. The van der Waals surface area contributed by atoms with Crippen molar-refractivity contribution in [3.05, 3.63) is 95.6 Å². The van der Waals surface area contributed by atoms with Crippen molar-refractivity contribution in [3.8, 4) is 21.7 Å². The molecule has 1 fully saturated rings. The minimum absolute atomic E-state index is 0.451. The highest BCUT2D eigenvalue weighted by atomic mass is 32.1. The summed E-state index contributed by atoms with van der Waals surface area (Å²) in [5.74, 6) is 0. The number of aromatic nitrogens is 1. The topological polar surface area (TPSA) is 71.2 Å². The molecule has 4 nitrogen and oxygen atoms in total. The minimum Gasteiger partial charge on any atom is -0.390 e. The first-order valence-corrected chi connectivity index (χ1v) is 12.1. The van der Waals surface area contributed by atoms with Crippen LogP contribution in [0.15, 0.2) is 78.9 Å². The second-order valence-electron chi connectivity index (χ2n) is 9.49. The van der Waals surface area contributed by atoms with Gasteiger partial charge in [0.05, 0.1) is 16.2 Å². The summed E-state index contributed by atoms with van der Waals surface area (Å²) < 4.78 is 0. The molecule has 1 aliphatic carbocycles. The fourth-order valence-electron chi connectivity index (χ4n) is 4.85. The van der Waals surface area contributed by atoms with E-state index in [0.717, 1.165) is 38.9 Å². The highest BCUT2D eigenvalue weighted by molar-refractivity contribution is 7.19. The molecule has 0 amide bonds. The Hall–Kier alpha value is -2.99. The number of thiazole rings is 1. The maximum absolute atomic E-state index is 10.2. The largest absolute Gasteiger partial charge is 0.390 e. The predicted octanol–water partition coefficient (Wildman–Crippen LogP) is 6.10. The summed E-state index contributed by atoms with van der Waals surface area (Å²) >= 11 is 1.68. The molecule has 0 saturated heterocycles. The molecule has 33 heavy (non-hydrogen) atoms. The van der Waals surface area contributed by atoms with Crippen LogP contribution in [-0.4, -0.2) is 15.7 Å². The lowest BCUT2D eigenvalue weighted by Gasteiger charge is -2.49. The number of anilines is 1. The molecule has 4 N–H and O–H groups in total. The summed E-state index contributed by atoms with van der Waals surface area (Å²) in [6.07, 6.45) is 1.16. The van der Waals surface area contributed by atoms with E-state index in [0.29, 0.717) is 12.8 Å². The monoisotopic (exact) mass is 455 g/mol. The summed E-state index contributed by atoms with van der Waals surface area (Å²) in [4.78, 5) is 6.12. The number of nitrogens with one attached hydrogen (secondary N) is 1. The van der Waals surface area contributed by atoms with E-state index in [1.807, 2.05) is 13.0 Å². The van der Waals surface area contributed by atoms with Gasteiger partial charge in [-0.2, -0.15) is 0 Å². The van der Waals surface area contributed by atoms with Crippen LogP contribution in [-0.2, 0) is 12.1 Å². The first-order valence-electron chi connectivity index (χ1n) is 11.3. The molecule has 0 atom stereocenters. The van der Waals surface area contributed by atoms with Gasteiger partial charge in [-0.15, -0.1) is 0 Å². The zero-order valence-corrected chi connectivity index (χ0v) is 19.8. The molecule has 1 saturated carbocycles. The Morgan fingerprint density at radius 3 is 2.36 bits per heavy atom. The summed E-state index contributed by atoms with van der Waals surface area (Å²) in [5.41, 5.74) is 12.2. The summed E-state index contributed by atoms with van der Waals surface area (Å²) in [7, 11) is 0. The van der Waals surface area contributed by atoms with E-state index in [1.54, 1.807) is 11.3 Å². The Balaban J connectivity index is 1.44. The van der Waals surface area contributed by atoms with E-state index < -0.39 is 11.1 Å². The van der Waals surface area contributed by atoms with Gasteiger partial charge in [-0.25, -0.2) is 4.98 Å². The van der Waals surface area contributed by atoms with Crippen molar-refractivity contribution in [2.45, 2.75) is 44.4 Å². The molecular weight excluding hydrogens is 426 g/mol. The fourth-order valence-corrected chi connectivity index (χ4v) is 5.84. The molecule has 168 valence electrons. The number of benzene rings is 3. The number of hydrogen-bond acceptors (Lipinski definition) is 5. The van der Waals surface area contributed by atoms with Gasteiger partial charge in [0.1, 0.15) is 0 Å². The van der Waals surface area contributed by atoms with Crippen molar-refractivity contribution in [1.29, 1.82) is 0 Å². The number of aliphatic hydroxyl groups is 1. The minimum atomic E-state index is -0.666. The van der Waals surface area contributed by atoms with E-state index >= 15 is 0 Å². The lowest BCUT2D eigenvalue weighted by atomic mass is 9.63. The molecule has 5 rings (SSSR count). The van der Waals surface area contributed by atoms with Crippen molar-refractivity contribution in [1.82, 2.24) is 4.98 Å². The average Bonchev–Trinajstić information content (AvgIpc) is 3.21. The average molecular weight is 456 g/mol. The van der Waals surface area contributed by atoms with Crippen molar-refractivity contribution in [2.75, 3.05) is 5.32 Å². The lowest BCUT2D eigenvalue weighted by Crippen LogP contribution is -2.58. The number of nitrogens with two attached hydrogens (primary N) is 1. The Labute approximate surface area is 199 Å². The standard InChI is InChI=1S/C28H29N3OS/c1-19-7-6-8-20(15-19)16-30-26-31-24(25(33-26)22-9-4-3-5-10-22)21-11-13-23(14-12-21)28(29)17-27(2,32)18-28/h3-15,32H,16-18,29H2,1-2H3,(H,30,31)/t27-,28-. The van der Waals surface area contributed by atoms with Crippen LogP contribution >= 0.6 is 11.3 Å². The smallest absolute Gasteiger partial charge is 0.184 e. The molecule has 0 unspecified atom stereocenters. The Bertz CT molecular complexity index is 1250. The second-order valence-corrected chi connectivity index (χ2v) is 10.5. The van der Waals surface area contributed by atoms with Crippen molar-refractivity contribution in [2.24, 2.45) is 5.73 Å². The zero-order chi connectivity index (χ0) is 23.1. The quantitative estimate of drug-likeness (QED) is 0.329. The van der Waals surface area contributed by atoms with Crippen LogP contribution in [0.5, 0.6) is 0 Å². The van der Waals surface area contributed by atoms with Gasteiger partial charge in [-0.3, -0.25) is 0 Å². The second kappa shape index (κ2) is 8.41. The molecule has 0 spiro atoms. The first kappa shape index (κ1) is 21.8. The van der Waals surface area contributed by atoms with Crippen molar-refractivity contribution >= 4 is 16.5 Å². The number of aryl methyl sites for hydroxylation is 1. The molecule has 4 aromatic rings. The van der Waals surface area contributed by atoms with Crippen molar-refractivity contribution < 1.29 is 5.11 Å². The Morgan fingerprint density at radius 1 is 0.970 bits per heavy atom. The third-order valence-electron chi connectivity index (χ3n) is 6.32. The van der Waals surface area contributed by atoms with Gasteiger partial charge in [-0.1, -0.05) is 95.8 Å². The van der Waals surface area contributed by atoms with Crippen LogP contribution in [0, 0.1) is 6.92 Å². The van der Waals surface area contributed by atoms with Gasteiger partial charge < -0.3 is 16.2 Å². The molecule has 0 radical (unpaired) electrons. The predicted molar refractivity (Wildman–Crippen MR) is 137 cm³/mol. The summed E-state index contributed by atoms with van der Waals surface area (Å²) in [6.45, 7) is 4.69. The van der Waals surface area contributed by atoms with Crippen LogP contribution in [0.2, 0.25) is 0 Å². The number of nitrogens with zero attached hydrogens (tertiary/aromatic N) is 1. The SMILES string of the molecule is Cc1cccc(CNc2nc(-c3ccc([C@]4(N)C[C@](C)(O)C4)cc3)c(-c3ccccc3)s2)c1. The van der Waals surface area contributed by atoms with E-state index in [9.17, 15) is 5.11 Å². The van der Waals surface area contributed by atoms with Gasteiger partial charge in [0.2, 0.25) is 0 Å². The molecule has 1 aliphatic rings. The van der Waals surface area contributed by atoms with Crippen LogP contribution in [0.3, 0.4) is 0 Å². The number of hydrogen-bond donors (Lipinski definition) is 3. The Kier molecular flexibility index (Phi) is 5.57. The van der Waals surface area contributed by atoms with E-state index in [1.165, 1.54) is 11.1 Å². The zero-order valence-electron chi connectivity index (χ0n) is 19.0.